The monoisotopic (exact) mass is 461 g/mol. The highest BCUT2D eigenvalue weighted by Crippen LogP contribution is 2.35. The summed E-state index contributed by atoms with van der Waals surface area (Å²) >= 11 is 0. The van der Waals surface area contributed by atoms with Gasteiger partial charge in [0.1, 0.15) is 17.7 Å². The number of halogens is 2. The van der Waals surface area contributed by atoms with Crippen molar-refractivity contribution in [3.05, 3.63) is 52.6 Å². The molecular weight excluding hydrogens is 428 g/mol. The molecule has 1 aromatic heterocycles. The Morgan fingerprint density at radius 1 is 1.27 bits per heavy atom. The third-order valence-corrected chi connectivity index (χ3v) is 6.74. The van der Waals surface area contributed by atoms with Crippen molar-refractivity contribution >= 4 is 5.91 Å². The Morgan fingerprint density at radius 3 is 2.64 bits per heavy atom. The van der Waals surface area contributed by atoms with Gasteiger partial charge in [0.2, 0.25) is 0 Å². The maximum Gasteiger partial charge on any atom is 0.289 e. The number of nitrogens with two attached hydrogens (primary N) is 1. The minimum Gasteiger partial charge on any atom is -0.370 e. The molecule has 2 aliphatic heterocycles. The van der Waals surface area contributed by atoms with Crippen LogP contribution in [0.1, 0.15) is 73.8 Å². The van der Waals surface area contributed by atoms with Gasteiger partial charge < -0.3 is 19.9 Å². The van der Waals surface area contributed by atoms with Gasteiger partial charge in [0.25, 0.3) is 5.91 Å². The summed E-state index contributed by atoms with van der Waals surface area (Å²) in [5.41, 5.74) is 8.48. The van der Waals surface area contributed by atoms with E-state index in [1.807, 2.05) is 18.4 Å². The second kappa shape index (κ2) is 9.48. The summed E-state index contributed by atoms with van der Waals surface area (Å²) in [6.07, 6.45) is -0.0829. The van der Waals surface area contributed by atoms with Gasteiger partial charge in [0, 0.05) is 49.9 Å². The van der Waals surface area contributed by atoms with E-state index in [0.717, 1.165) is 29.6 Å². The Morgan fingerprint density at radius 2 is 2.00 bits per heavy atom. The Hall–Kier alpha value is -2.36. The molecule has 9 heteroatoms. The fourth-order valence-electron chi connectivity index (χ4n) is 5.02. The summed E-state index contributed by atoms with van der Waals surface area (Å²) < 4.78 is 35.9. The summed E-state index contributed by atoms with van der Waals surface area (Å²) in [5, 5.41) is 0. The molecule has 1 unspecified atom stereocenters. The highest BCUT2D eigenvalue weighted by atomic mass is 19.1. The standard InChI is InChI=1S/C24H33F2N5O2/c1-5-29(6-2)24(32)23-28-20-11-30(12-21(20)31(23)14(3)4)16-10-19(27)22(33-13-16)17-9-15(25)7-8-18(17)26/h7-9,14,16,19,22H,5-6,10-13,27H2,1-4H3/t16?,19-,22+/m0/s1. The zero-order valence-electron chi connectivity index (χ0n) is 19.7. The van der Waals surface area contributed by atoms with E-state index in [1.165, 1.54) is 0 Å². The van der Waals surface area contributed by atoms with Crippen LogP contribution in [0.15, 0.2) is 18.2 Å². The summed E-state index contributed by atoms with van der Waals surface area (Å²) in [6.45, 7) is 10.9. The number of hydrogen-bond donors (Lipinski definition) is 1. The first kappa shape index (κ1) is 23.8. The molecule has 180 valence electrons. The molecule has 0 radical (unpaired) electrons. The molecule has 7 nitrogen and oxygen atoms in total. The van der Waals surface area contributed by atoms with Gasteiger partial charge in [0.05, 0.1) is 18.0 Å². The normalized spacial score (nSPS) is 23.2. The van der Waals surface area contributed by atoms with Gasteiger partial charge in [0.15, 0.2) is 5.82 Å². The lowest BCUT2D eigenvalue weighted by molar-refractivity contribution is -0.0535. The average Bonchev–Trinajstić information content (AvgIpc) is 3.34. The van der Waals surface area contributed by atoms with Crippen molar-refractivity contribution in [2.75, 3.05) is 19.7 Å². The molecule has 2 aliphatic rings. The zero-order valence-corrected chi connectivity index (χ0v) is 19.7. The first-order valence-corrected chi connectivity index (χ1v) is 11.7. The zero-order chi connectivity index (χ0) is 23.9. The molecule has 3 atom stereocenters. The number of carbonyl (C=O) groups excluding carboxylic acids is 1. The molecule has 2 N–H and O–H groups in total. The topological polar surface area (TPSA) is 76.6 Å². The molecule has 4 rings (SSSR count). The van der Waals surface area contributed by atoms with E-state index in [0.29, 0.717) is 45.0 Å². The second-order valence-corrected chi connectivity index (χ2v) is 9.15. The van der Waals surface area contributed by atoms with E-state index in [2.05, 4.69) is 18.7 Å². The first-order valence-electron chi connectivity index (χ1n) is 11.7. The van der Waals surface area contributed by atoms with Crippen molar-refractivity contribution in [2.45, 2.75) is 71.4 Å². The van der Waals surface area contributed by atoms with Crippen LogP contribution in [0.25, 0.3) is 0 Å². The number of imidazole rings is 1. The van der Waals surface area contributed by atoms with Crippen LogP contribution in [-0.2, 0) is 17.8 Å². The van der Waals surface area contributed by atoms with Gasteiger partial charge in [-0.1, -0.05) is 0 Å². The molecule has 1 aromatic carbocycles. The predicted octanol–water partition coefficient (Wildman–Crippen LogP) is 3.40. The number of carbonyl (C=O) groups is 1. The first-order chi connectivity index (χ1) is 15.7. The maximum atomic E-state index is 14.2. The molecular formula is C24H33F2N5O2. The lowest BCUT2D eigenvalue weighted by atomic mass is 9.93. The average molecular weight is 462 g/mol. The van der Waals surface area contributed by atoms with E-state index in [1.54, 1.807) is 4.90 Å². The van der Waals surface area contributed by atoms with Crippen molar-refractivity contribution in [1.29, 1.82) is 0 Å². The van der Waals surface area contributed by atoms with Crippen LogP contribution >= 0.6 is 0 Å². The van der Waals surface area contributed by atoms with Crippen molar-refractivity contribution < 1.29 is 18.3 Å². The molecule has 0 spiro atoms. The number of benzene rings is 1. The lowest BCUT2D eigenvalue weighted by Gasteiger charge is -2.38. The van der Waals surface area contributed by atoms with Crippen LogP contribution in [0, 0.1) is 11.6 Å². The predicted molar refractivity (Wildman–Crippen MR) is 121 cm³/mol. The Labute approximate surface area is 193 Å². The van der Waals surface area contributed by atoms with Crippen molar-refractivity contribution in [3.63, 3.8) is 0 Å². The fraction of sp³-hybridized carbons (Fsp3) is 0.583. The summed E-state index contributed by atoms with van der Waals surface area (Å²) in [6, 6.07) is 3.03. The molecule has 0 saturated carbocycles. The molecule has 2 aromatic rings. The van der Waals surface area contributed by atoms with Crippen molar-refractivity contribution in [2.24, 2.45) is 5.73 Å². The Balaban J connectivity index is 1.49. The Kier molecular flexibility index (Phi) is 6.83. The smallest absolute Gasteiger partial charge is 0.289 e. The van der Waals surface area contributed by atoms with Crippen LogP contribution in [-0.4, -0.2) is 57.0 Å². The third kappa shape index (κ3) is 4.41. The summed E-state index contributed by atoms with van der Waals surface area (Å²) in [5.74, 6) is -0.565. The third-order valence-electron chi connectivity index (χ3n) is 6.74. The lowest BCUT2D eigenvalue weighted by Crippen LogP contribution is -2.48. The van der Waals surface area contributed by atoms with Gasteiger partial charge >= 0.3 is 0 Å². The van der Waals surface area contributed by atoms with Gasteiger partial charge in [-0.05, 0) is 52.3 Å². The second-order valence-electron chi connectivity index (χ2n) is 9.15. The number of hydrogen-bond acceptors (Lipinski definition) is 5. The highest BCUT2D eigenvalue weighted by molar-refractivity contribution is 5.91. The molecule has 0 bridgehead atoms. The number of ether oxygens (including phenoxy) is 1. The van der Waals surface area contributed by atoms with E-state index in [4.69, 9.17) is 15.5 Å². The van der Waals surface area contributed by atoms with Gasteiger partial charge in [-0.15, -0.1) is 0 Å². The SMILES string of the molecule is CCN(CC)C(=O)c1nc2c(n1C(C)C)CN(C1CO[C@H](c3cc(F)ccc3F)[C@@H](N)C1)C2. The molecule has 1 fully saturated rings. The van der Waals surface area contributed by atoms with E-state index >= 15 is 0 Å². The Bertz CT molecular complexity index is 1020. The number of nitrogens with zero attached hydrogens (tertiary/aromatic N) is 4. The van der Waals surface area contributed by atoms with Crippen LogP contribution in [0.2, 0.25) is 0 Å². The fourth-order valence-corrected chi connectivity index (χ4v) is 5.02. The van der Waals surface area contributed by atoms with E-state index in [-0.39, 0.29) is 23.6 Å². The number of aromatic nitrogens is 2. The van der Waals surface area contributed by atoms with Crippen molar-refractivity contribution in [3.8, 4) is 0 Å². The quantitative estimate of drug-likeness (QED) is 0.714. The van der Waals surface area contributed by atoms with Gasteiger partial charge in [-0.25, -0.2) is 13.8 Å². The molecule has 33 heavy (non-hydrogen) atoms. The minimum atomic E-state index is -0.678. The van der Waals surface area contributed by atoms with Gasteiger partial charge in [-0.2, -0.15) is 0 Å². The summed E-state index contributed by atoms with van der Waals surface area (Å²) in [4.78, 5) is 21.8. The van der Waals surface area contributed by atoms with Crippen LogP contribution < -0.4 is 5.73 Å². The van der Waals surface area contributed by atoms with Crippen LogP contribution in [0.4, 0.5) is 8.78 Å². The minimum absolute atomic E-state index is 0.0321. The van der Waals surface area contributed by atoms with Crippen molar-refractivity contribution in [1.82, 2.24) is 19.4 Å². The highest BCUT2D eigenvalue weighted by Gasteiger charge is 2.39. The molecule has 3 heterocycles. The maximum absolute atomic E-state index is 14.2. The van der Waals surface area contributed by atoms with E-state index < -0.39 is 23.8 Å². The molecule has 1 saturated heterocycles. The number of rotatable bonds is 6. The number of fused-ring (bicyclic) bond motifs is 1. The van der Waals surface area contributed by atoms with Crippen LogP contribution in [0.5, 0.6) is 0 Å². The van der Waals surface area contributed by atoms with Gasteiger partial charge in [-0.3, -0.25) is 9.69 Å². The molecule has 1 amide bonds. The largest absolute Gasteiger partial charge is 0.370 e. The summed E-state index contributed by atoms with van der Waals surface area (Å²) in [7, 11) is 0. The van der Waals surface area contributed by atoms with Crippen LogP contribution in [0.3, 0.4) is 0 Å². The van der Waals surface area contributed by atoms with E-state index in [9.17, 15) is 13.6 Å². The molecule has 0 aliphatic carbocycles. The number of amides is 1.